The first-order valence-corrected chi connectivity index (χ1v) is 8.07. The Balaban J connectivity index is 1.52. The lowest BCUT2D eigenvalue weighted by Gasteiger charge is -2.23. The van der Waals surface area contributed by atoms with Crippen LogP contribution < -0.4 is 5.32 Å². The Morgan fingerprint density at radius 2 is 2.21 bits per heavy atom. The van der Waals surface area contributed by atoms with Gasteiger partial charge in [0.1, 0.15) is 11.6 Å². The second-order valence-electron chi connectivity index (χ2n) is 5.98. The standard InChI is InChI=1S/C17H20F2N4O/c18-14-3-2-13(16(19)10-14)11-23(15-4-5-15)17(24)21-6-1-8-22-9-7-20-12-22/h2-3,7,9-10,12,15H,1,4-6,8,11H2,(H,21,24). The first-order valence-electron chi connectivity index (χ1n) is 8.07. The van der Waals surface area contributed by atoms with Gasteiger partial charge >= 0.3 is 6.03 Å². The van der Waals surface area contributed by atoms with Crippen molar-refractivity contribution in [1.29, 1.82) is 0 Å². The number of rotatable bonds is 7. The van der Waals surface area contributed by atoms with Crippen LogP contribution in [-0.2, 0) is 13.1 Å². The molecule has 3 rings (SSSR count). The average molecular weight is 334 g/mol. The molecule has 0 bridgehead atoms. The Kier molecular flexibility index (Phi) is 5.08. The fraction of sp³-hybridized carbons (Fsp3) is 0.412. The number of benzene rings is 1. The Morgan fingerprint density at radius 3 is 2.88 bits per heavy atom. The van der Waals surface area contributed by atoms with Gasteiger partial charge in [0, 0.05) is 43.2 Å². The number of imidazole rings is 1. The van der Waals surface area contributed by atoms with E-state index in [0.717, 1.165) is 31.9 Å². The maximum atomic E-state index is 13.8. The van der Waals surface area contributed by atoms with Gasteiger partial charge in [-0.1, -0.05) is 6.07 Å². The highest BCUT2D eigenvalue weighted by Crippen LogP contribution is 2.29. The molecule has 0 atom stereocenters. The van der Waals surface area contributed by atoms with Gasteiger partial charge in [-0.3, -0.25) is 0 Å². The van der Waals surface area contributed by atoms with Gasteiger partial charge in [0.15, 0.2) is 0 Å². The molecule has 2 aromatic rings. The number of hydrogen-bond donors (Lipinski definition) is 1. The summed E-state index contributed by atoms with van der Waals surface area (Å²) < 4.78 is 28.8. The highest BCUT2D eigenvalue weighted by atomic mass is 19.1. The molecule has 1 aliphatic carbocycles. The quantitative estimate of drug-likeness (QED) is 0.792. The number of halogens is 2. The van der Waals surface area contributed by atoms with Crippen LogP contribution in [0.25, 0.3) is 0 Å². The maximum Gasteiger partial charge on any atom is 0.317 e. The normalized spacial score (nSPS) is 13.8. The first-order chi connectivity index (χ1) is 11.6. The molecule has 7 heteroatoms. The molecular formula is C17H20F2N4O. The fourth-order valence-electron chi connectivity index (χ4n) is 2.56. The molecule has 1 aromatic heterocycles. The summed E-state index contributed by atoms with van der Waals surface area (Å²) >= 11 is 0. The molecule has 5 nitrogen and oxygen atoms in total. The highest BCUT2D eigenvalue weighted by Gasteiger charge is 2.32. The summed E-state index contributed by atoms with van der Waals surface area (Å²) in [4.78, 5) is 18.0. The van der Waals surface area contributed by atoms with E-state index < -0.39 is 11.6 Å². The Bertz CT molecular complexity index is 686. The van der Waals surface area contributed by atoms with Crippen LogP contribution >= 0.6 is 0 Å². The highest BCUT2D eigenvalue weighted by molar-refractivity contribution is 5.74. The summed E-state index contributed by atoms with van der Waals surface area (Å²) in [6.45, 7) is 1.46. The molecule has 1 aromatic carbocycles. The zero-order chi connectivity index (χ0) is 16.9. The van der Waals surface area contributed by atoms with Crippen LogP contribution in [0.2, 0.25) is 0 Å². The minimum absolute atomic E-state index is 0.142. The molecule has 0 unspecified atom stereocenters. The van der Waals surface area contributed by atoms with Crippen molar-refractivity contribution in [1.82, 2.24) is 19.8 Å². The number of hydrogen-bond acceptors (Lipinski definition) is 2. The lowest BCUT2D eigenvalue weighted by molar-refractivity contribution is 0.191. The Morgan fingerprint density at radius 1 is 1.38 bits per heavy atom. The van der Waals surface area contributed by atoms with Crippen LogP contribution in [0.1, 0.15) is 24.8 Å². The van der Waals surface area contributed by atoms with E-state index in [-0.39, 0.29) is 18.6 Å². The molecule has 1 fully saturated rings. The van der Waals surface area contributed by atoms with E-state index in [9.17, 15) is 13.6 Å². The zero-order valence-corrected chi connectivity index (χ0v) is 13.3. The van der Waals surface area contributed by atoms with Crippen LogP contribution in [0, 0.1) is 11.6 Å². The van der Waals surface area contributed by atoms with Gasteiger partial charge in [-0.05, 0) is 25.3 Å². The molecule has 0 saturated heterocycles. The molecule has 1 heterocycles. The number of aromatic nitrogens is 2. The Labute approximate surface area is 139 Å². The summed E-state index contributed by atoms with van der Waals surface area (Å²) in [5.41, 5.74) is 0.330. The van der Waals surface area contributed by atoms with Gasteiger partial charge in [-0.15, -0.1) is 0 Å². The molecular weight excluding hydrogens is 314 g/mol. The number of nitrogens with one attached hydrogen (secondary N) is 1. The largest absolute Gasteiger partial charge is 0.338 e. The molecule has 0 spiro atoms. The van der Waals surface area contributed by atoms with E-state index in [1.54, 1.807) is 17.4 Å². The second-order valence-corrected chi connectivity index (χ2v) is 5.98. The van der Waals surface area contributed by atoms with Crippen molar-refractivity contribution >= 4 is 6.03 Å². The van der Waals surface area contributed by atoms with Gasteiger partial charge in [0.25, 0.3) is 0 Å². The van der Waals surface area contributed by atoms with E-state index >= 15 is 0 Å². The summed E-state index contributed by atoms with van der Waals surface area (Å²) in [6.07, 6.45) is 7.94. The lowest BCUT2D eigenvalue weighted by Crippen LogP contribution is -2.41. The first kappa shape index (κ1) is 16.4. The summed E-state index contributed by atoms with van der Waals surface area (Å²) in [5.74, 6) is -1.23. The van der Waals surface area contributed by atoms with Crippen molar-refractivity contribution < 1.29 is 13.6 Å². The third-order valence-corrected chi connectivity index (χ3v) is 4.03. The molecule has 1 N–H and O–H groups in total. The van der Waals surface area contributed by atoms with Crippen molar-refractivity contribution in [3.05, 3.63) is 54.1 Å². The molecule has 0 aliphatic heterocycles. The summed E-state index contributed by atoms with van der Waals surface area (Å²) in [7, 11) is 0. The van der Waals surface area contributed by atoms with E-state index in [0.29, 0.717) is 12.1 Å². The SMILES string of the molecule is O=C(NCCCn1ccnc1)N(Cc1ccc(F)cc1F)C1CC1. The molecule has 24 heavy (non-hydrogen) atoms. The monoisotopic (exact) mass is 334 g/mol. The smallest absolute Gasteiger partial charge is 0.317 e. The number of aryl methyl sites for hydroxylation is 1. The average Bonchev–Trinajstić information content (AvgIpc) is 3.26. The van der Waals surface area contributed by atoms with Gasteiger partial charge in [0.2, 0.25) is 0 Å². The predicted octanol–water partition coefficient (Wildman–Crippen LogP) is 2.93. The molecule has 1 aliphatic rings. The Hall–Kier alpha value is -2.44. The number of urea groups is 1. The minimum atomic E-state index is -0.617. The lowest BCUT2D eigenvalue weighted by atomic mass is 10.2. The van der Waals surface area contributed by atoms with Crippen molar-refractivity contribution in [2.24, 2.45) is 0 Å². The summed E-state index contributed by atoms with van der Waals surface area (Å²) in [6, 6.07) is 3.40. The van der Waals surface area contributed by atoms with Crippen LogP contribution in [-0.4, -0.2) is 33.1 Å². The van der Waals surface area contributed by atoms with Gasteiger partial charge < -0.3 is 14.8 Å². The van der Waals surface area contributed by atoms with Crippen molar-refractivity contribution in [2.75, 3.05) is 6.54 Å². The van der Waals surface area contributed by atoms with Gasteiger partial charge in [-0.2, -0.15) is 0 Å². The molecule has 1 saturated carbocycles. The second kappa shape index (κ2) is 7.42. The van der Waals surface area contributed by atoms with Crippen molar-refractivity contribution in [3.8, 4) is 0 Å². The van der Waals surface area contributed by atoms with Crippen LogP contribution in [0.4, 0.5) is 13.6 Å². The predicted molar refractivity (Wildman–Crippen MR) is 85.2 cm³/mol. The maximum absolute atomic E-state index is 13.8. The third-order valence-electron chi connectivity index (χ3n) is 4.03. The fourth-order valence-corrected chi connectivity index (χ4v) is 2.56. The minimum Gasteiger partial charge on any atom is -0.338 e. The topological polar surface area (TPSA) is 50.2 Å². The van der Waals surface area contributed by atoms with Crippen LogP contribution in [0.5, 0.6) is 0 Å². The van der Waals surface area contributed by atoms with Crippen LogP contribution in [0.3, 0.4) is 0 Å². The number of carbonyl (C=O) groups is 1. The van der Waals surface area contributed by atoms with Crippen molar-refractivity contribution in [2.45, 2.75) is 38.4 Å². The molecule has 0 radical (unpaired) electrons. The van der Waals surface area contributed by atoms with Gasteiger partial charge in [-0.25, -0.2) is 18.6 Å². The molecule has 128 valence electrons. The van der Waals surface area contributed by atoms with Gasteiger partial charge in [0.05, 0.1) is 12.9 Å². The third kappa shape index (κ3) is 4.31. The number of nitrogens with zero attached hydrogens (tertiary/aromatic N) is 3. The van der Waals surface area contributed by atoms with Crippen molar-refractivity contribution in [3.63, 3.8) is 0 Å². The van der Waals surface area contributed by atoms with Crippen LogP contribution in [0.15, 0.2) is 36.9 Å². The molecule has 2 amide bonds. The van der Waals surface area contributed by atoms with E-state index in [1.165, 1.54) is 12.1 Å². The number of amides is 2. The summed E-state index contributed by atoms with van der Waals surface area (Å²) in [5, 5.41) is 2.87. The van der Waals surface area contributed by atoms with E-state index in [4.69, 9.17) is 0 Å². The number of carbonyl (C=O) groups excluding carboxylic acids is 1. The van der Waals surface area contributed by atoms with E-state index in [2.05, 4.69) is 10.3 Å². The van der Waals surface area contributed by atoms with E-state index in [1.807, 2.05) is 10.8 Å². The zero-order valence-electron chi connectivity index (χ0n) is 13.3.